The zero-order valence-electron chi connectivity index (χ0n) is 26.5. The van der Waals surface area contributed by atoms with Gasteiger partial charge in [0.05, 0.1) is 6.61 Å². The minimum atomic E-state index is -0.568. The molecule has 4 rings (SSSR count). The van der Waals surface area contributed by atoms with Crippen LogP contribution in [0.3, 0.4) is 0 Å². The molecule has 0 aliphatic rings. The van der Waals surface area contributed by atoms with Crippen molar-refractivity contribution in [3.8, 4) is 0 Å². The Morgan fingerprint density at radius 3 is 1.39 bits per heavy atom. The minimum Gasteiger partial charge on any atom is -0.444 e. The Labute approximate surface area is 263 Å². The largest absolute Gasteiger partial charge is 0.444 e. The lowest BCUT2D eigenvalue weighted by atomic mass is 10.1. The first-order valence-corrected chi connectivity index (χ1v) is 15.6. The van der Waals surface area contributed by atoms with Gasteiger partial charge >= 0.3 is 6.09 Å². The first-order chi connectivity index (χ1) is 21.3. The molecule has 0 aliphatic carbocycles. The highest BCUT2D eigenvalue weighted by atomic mass is 16.7. The number of hydrogen-bond donors (Lipinski definition) is 0. The lowest BCUT2D eigenvalue weighted by Crippen LogP contribution is -2.42. The Morgan fingerprint density at radius 2 is 0.977 bits per heavy atom. The number of hydrogen-bond acceptors (Lipinski definition) is 5. The van der Waals surface area contributed by atoms with Gasteiger partial charge in [-0.25, -0.2) is 4.79 Å². The molecule has 4 aromatic carbocycles. The third-order valence-electron chi connectivity index (χ3n) is 7.09. The second-order valence-electron chi connectivity index (χ2n) is 12.1. The van der Waals surface area contributed by atoms with Crippen molar-refractivity contribution in [1.82, 2.24) is 14.9 Å². The van der Waals surface area contributed by atoms with Crippen LogP contribution in [0.4, 0.5) is 4.79 Å². The van der Waals surface area contributed by atoms with Gasteiger partial charge in [0.15, 0.2) is 0 Å². The minimum absolute atomic E-state index is 0.290. The van der Waals surface area contributed by atoms with Crippen molar-refractivity contribution in [3.05, 3.63) is 144 Å². The molecule has 0 saturated heterocycles. The van der Waals surface area contributed by atoms with Gasteiger partial charge in [0, 0.05) is 45.8 Å². The second-order valence-corrected chi connectivity index (χ2v) is 12.1. The van der Waals surface area contributed by atoms with Gasteiger partial charge in [-0.3, -0.25) is 9.74 Å². The Bertz CT molecular complexity index is 1260. The summed E-state index contributed by atoms with van der Waals surface area (Å²) < 4.78 is 5.82. The van der Waals surface area contributed by atoms with Crippen molar-refractivity contribution < 1.29 is 14.4 Å². The average molecular weight is 594 g/mol. The van der Waals surface area contributed by atoms with Crippen molar-refractivity contribution in [3.63, 3.8) is 0 Å². The number of carbonyl (C=O) groups is 1. The fraction of sp³-hybridized carbons (Fsp3) is 0.342. The van der Waals surface area contributed by atoms with Crippen molar-refractivity contribution >= 4 is 6.09 Å². The summed E-state index contributed by atoms with van der Waals surface area (Å²) in [5, 5.41) is 2.00. The van der Waals surface area contributed by atoms with E-state index in [1.54, 1.807) is 0 Å². The fourth-order valence-corrected chi connectivity index (χ4v) is 4.95. The highest BCUT2D eigenvalue weighted by molar-refractivity contribution is 5.68. The van der Waals surface area contributed by atoms with E-state index < -0.39 is 5.60 Å². The molecule has 0 aliphatic heterocycles. The van der Waals surface area contributed by atoms with Crippen LogP contribution in [0, 0.1) is 0 Å². The zero-order valence-corrected chi connectivity index (χ0v) is 26.5. The van der Waals surface area contributed by atoms with Crippen LogP contribution in [0.5, 0.6) is 0 Å². The average Bonchev–Trinajstić information content (AvgIpc) is 3.01. The molecule has 1 amide bonds. The van der Waals surface area contributed by atoms with Gasteiger partial charge in [-0.05, 0) is 49.4 Å². The summed E-state index contributed by atoms with van der Waals surface area (Å²) in [7, 11) is 0. The van der Waals surface area contributed by atoms with Gasteiger partial charge < -0.3 is 9.64 Å². The molecule has 0 aromatic heterocycles. The fourth-order valence-electron chi connectivity index (χ4n) is 4.95. The first-order valence-electron chi connectivity index (χ1n) is 15.6. The molecule has 4 aromatic rings. The van der Waals surface area contributed by atoms with Crippen LogP contribution in [-0.4, -0.2) is 52.8 Å². The predicted molar refractivity (Wildman–Crippen MR) is 178 cm³/mol. The maximum absolute atomic E-state index is 13.3. The summed E-state index contributed by atoms with van der Waals surface area (Å²) in [5.74, 6) is 0. The van der Waals surface area contributed by atoms with E-state index in [2.05, 4.69) is 77.7 Å². The number of amides is 1. The standard InChI is InChI=1S/C38H47N3O3/c1-38(2,3)44-37(42)40(27-26-39(29-33-17-8-4-9-18-33)30-34-19-10-5-11-20-34)25-16-28-43-41(31-35-21-12-6-13-22-35)32-36-23-14-7-15-24-36/h4-15,17-24H,16,25-32H2,1-3H3. The quantitative estimate of drug-likeness (QED) is 0.0975. The van der Waals surface area contributed by atoms with Crippen LogP contribution in [-0.2, 0) is 35.8 Å². The number of carbonyl (C=O) groups excluding carboxylic acids is 1. The molecule has 0 N–H and O–H groups in total. The third-order valence-corrected chi connectivity index (χ3v) is 7.09. The van der Waals surface area contributed by atoms with E-state index >= 15 is 0 Å². The number of benzene rings is 4. The van der Waals surface area contributed by atoms with Gasteiger partial charge in [-0.2, -0.15) is 5.06 Å². The van der Waals surface area contributed by atoms with Gasteiger partial charge in [-0.1, -0.05) is 121 Å². The summed E-state index contributed by atoms with van der Waals surface area (Å²) in [6.45, 7) is 11.0. The Hall–Kier alpha value is -3.97. The molecular formula is C38H47N3O3. The molecule has 0 saturated carbocycles. The summed E-state index contributed by atoms with van der Waals surface area (Å²) in [5.41, 5.74) is 4.31. The maximum atomic E-state index is 13.3. The summed E-state index contributed by atoms with van der Waals surface area (Å²) in [6, 6.07) is 41.7. The molecule has 0 atom stereocenters. The normalized spacial score (nSPS) is 11.6. The van der Waals surface area contributed by atoms with Crippen LogP contribution in [0.1, 0.15) is 49.4 Å². The van der Waals surface area contributed by atoms with E-state index in [4.69, 9.17) is 9.57 Å². The van der Waals surface area contributed by atoms with Gasteiger partial charge in [-0.15, -0.1) is 0 Å². The third kappa shape index (κ3) is 12.3. The lowest BCUT2D eigenvalue weighted by molar-refractivity contribution is -0.175. The highest BCUT2D eigenvalue weighted by Gasteiger charge is 2.23. The maximum Gasteiger partial charge on any atom is 0.410 e. The zero-order chi connectivity index (χ0) is 31.0. The topological polar surface area (TPSA) is 45.2 Å². The first kappa shape index (κ1) is 32.9. The van der Waals surface area contributed by atoms with E-state index in [9.17, 15) is 4.79 Å². The van der Waals surface area contributed by atoms with Crippen LogP contribution in [0.25, 0.3) is 0 Å². The molecule has 44 heavy (non-hydrogen) atoms. The van der Waals surface area contributed by atoms with E-state index in [-0.39, 0.29) is 6.09 Å². The Morgan fingerprint density at radius 1 is 0.568 bits per heavy atom. The monoisotopic (exact) mass is 593 g/mol. The predicted octanol–water partition coefficient (Wildman–Crippen LogP) is 7.95. The van der Waals surface area contributed by atoms with Crippen molar-refractivity contribution in [2.24, 2.45) is 0 Å². The van der Waals surface area contributed by atoms with Crippen molar-refractivity contribution in [2.75, 3.05) is 26.2 Å². The molecule has 0 radical (unpaired) electrons. The number of hydroxylamine groups is 2. The Balaban J connectivity index is 1.38. The molecule has 0 bridgehead atoms. The summed E-state index contributed by atoms with van der Waals surface area (Å²) >= 11 is 0. The molecular weight excluding hydrogens is 546 g/mol. The highest BCUT2D eigenvalue weighted by Crippen LogP contribution is 2.15. The van der Waals surface area contributed by atoms with E-state index in [0.717, 1.165) is 19.6 Å². The summed E-state index contributed by atoms with van der Waals surface area (Å²) in [6.07, 6.45) is 0.402. The SMILES string of the molecule is CC(C)(C)OC(=O)N(CCCON(Cc1ccccc1)Cc1ccccc1)CCN(Cc1ccccc1)Cc1ccccc1. The van der Waals surface area contributed by atoms with Crippen molar-refractivity contribution in [2.45, 2.75) is 59.0 Å². The van der Waals surface area contributed by atoms with Crippen LogP contribution in [0.15, 0.2) is 121 Å². The van der Waals surface area contributed by atoms with Gasteiger partial charge in [0.2, 0.25) is 0 Å². The molecule has 0 heterocycles. The van der Waals surface area contributed by atoms with E-state index in [0.29, 0.717) is 39.2 Å². The van der Waals surface area contributed by atoms with Crippen LogP contribution < -0.4 is 0 Å². The number of rotatable bonds is 16. The smallest absolute Gasteiger partial charge is 0.410 e. The number of nitrogens with zero attached hydrogens (tertiary/aromatic N) is 3. The molecule has 6 heteroatoms. The molecule has 0 unspecified atom stereocenters. The van der Waals surface area contributed by atoms with E-state index in [1.807, 2.05) is 79.3 Å². The lowest BCUT2D eigenvalue weighted by Gasteiger charge is -2.30. The number of ether oxygens (including phenoxy) is 1. The Kier molecular flexibility index (Phi) is 13.0. The van der Waals surface area contributed by atoms with Crippen LogP contribution >= 0.6 is 0 Å². The molecule has 6 nitrogen and oxygen atoms in total. The van der Waals surface area contributed by atoms with Crippen LogP contribution in [0.2, 0.25) is 0 Å². The van der Waals surface area contributed by atoms with E-state index in [1.165, 1.54) is 22.3 Å². The molecule has 0 spiro atoms. The summed E-state index contributed by atoms with van der Waals surface area (Å²) in [4.78, 5) is 23.9. The van der Waals surface area contributed by atoms with Crippen molar-refractivity contribution in [1.29, 1.82) is 0 Å². The second kappa shape index (κ2) is 17.4. The van der Waals surface area contributed by atoms with Gasteiger partial charge in [0.25, 0.3) is 0 Å². The molecule has 0 fully saturated rings. The molecule has 232 valence electrons. The van der Waals surface area contributed by atoms with Gasteiger partial charge in [0.1, 0.15) is 5.60 Å².